The molecule has 1 aromatic rings. The summed E-state index contributed by atoms with van der Waals surface area (Å²) >= 11 is 0. The third-order valence-corrected chi connectivity index (χ3v) is 2.90. The minimum Gasteiger partial charge on any atom is -0.261 e. The van der Waals surface area contributed by atoms with Crippen LogP contribution in [0.1, 0.15) is 65.1 Å². The van der Waals surface area contributed by atoms with Gasteiger partial charge in [-0.25, -0.2) is 0 Å². The predicted molar refractivity (Wildman–Crippen MR) is 72.8 cm³/mol. The standard InChI is InChI=1S/C13H21N.C2H6/c1-5-11-8-7-9-14-13(11)12(6-2)10(3)4;1-2/h7-10,12H,5-6H2,1-4H3;1-2H3. The molecule has 0 fully saturated rings. The van der Waals surface area contributed by atoms with Gasteiger partial charge in [-0.2, -0.15) is 0 Å². The first-order valence-electron chi connectivity index (χ1n) is 6.64. The second-order valence-electron chi connectivity index (χ2n) is 4.16. The number of hydrogen-bond acceptors (Lipinski definition) is 1. The van der Waals surface area contributed by atoms with Crippen LogP contribution >= 0.6 is 0 Å². The van der Waals surface area contributed by atoms with Gasteiger partial charge >= 0.3 is 0 Å². The van der Waals surface area contributed by atoms with Crippen LogP contribution in [0.3, 0.4) is 0 Å². The highest BCUT2D eigenvalue weighted by Gasteiger charge is 2.17. The van der Waals surface area contributed by atoms with Crippen LogP contribution in [0.4, 0.5) is 0 Å². The van der Waals surface area contributed by atoms with E-state index in [1.165, 1.54) is 17.7 Å². The van der Waals surface area contributed by atoms with Crippen molar-refractivity contribution in [2.75, 3.05) is 0 Å². The van der Waals surface area contributed by atoms with Gasteiger partial charge in [0.2, 0.25) is 0 Å². The number of hydrogen-bond donors (Lipinski definition) is 0. The van der Waals surface area contributed by atoms with E-state index in [2.05, 4.69) is 38.7 Å². The van der Waals surface area contributed by atoms with Crippen LogP contribution < -0.4 is 0 Å². The van der Waals surface area contributed by atoms with E-state index in [0.29, 0.717) is 11.8 Å². The fraction of sp³-hybridized carbons (Fsp3) is 0.667. The van der Waals surface area contributed by atoms with Crippen LogP contribution in [0.5, 0.6) is 0 Å². The molecular weight excluding hydrogens is 194 g/mol. The zero-order chi connectivity index (χ0) is 12.6. The Morgan fingerprint density at radius 3 is 2.25 bits per heavy atom. The lowest BCUT2D eigenvalue weighted by molar-refractivity contribution is 0.471. The molecule has 16 heavy (non-hydrogen) atoms. The van der Waals surface area contributed by atoms with Crippen molar-refractivity contribution in [3.63, 3.8) is 0 Å². The summed E-state index contributed by atoms with van der Waals surface area (Å²) in [6, 6.07) is 4.24. The minimum absolute atomic E-state index is 0.617. The average Bonchev–Trinajstić information content (AvgIpc) is 2.33. The largest absolute Gasteiger partial charge is 0.261 e. The second kappa shape index (κ2) is 8.32. The van der Waals surface area contributed by atoms with Crippen molar-refractivity contribution in [1.82, 2.24) is 4.98 Å². The first kappa shape index (κ1) is 15.2. The molecule has 1 unspecified atom stereocenters. The molecule has 0 saturated carbocycles. The summed E-state index contributed by atoms with van der Waals surface area (Å²) in [4.78, 5) is 4.54. The normalized spacial score (nSPS) is 11.9. The summed E-state index contributed by atoms with van der Waals surface area (Å²) in [6.07, 6.45) is 4.19. The van der Waals surface area contributed by atoms with Crippen LogP contribution in [0.2, 0.25) is 0 Å². The fourth-order valence-corrected chi connectivity index (χ4v) is 2.06. The third-order valence-electron chi connectivity index (χ3n) is 2.90. The Kier molecular flexibility index (Phi) is 7.88. The van der Waals surface area contributed by atoms with Crippen molar-refractivity contribution >= 4 is 0 Å². The van der Waals surface area contributed by atoms with Crippen LogP contribution in [-0.2, 0) is 6.42 Å². The molecule has 0 aliphatic carbocycles. The Morgan fingerprint density at radius 2 is 1.81 bits per heavy atom. The maximum atomic E-state index is 4.54. The maximum Gasteiger partial charge on any atom is 0.0468 e. The molecule has 0 aromatic carbocycles. The molecule has 0 aliphatic rings. The molecule has 1 aromatic heterocycles. The lowest BCUT2D eigenvalue weighted by atomic mass is 9.87. The lowest BCUT2D eigenvalue weighted by Crippen LogP contribution is -2.10. The molecule has 92 valence electrons. The van der Waals surface area contributed by atoms with Gasteiger partial charge in [-0.1, -0.05) is 47.6 Å². The first-order chi connectivity index (χ1) is 7.70. The molecule has 0 amide bonds. The van der Waals surface area contributed by atoms with Gasteiger partial charge in [0, 0.05) is 17.8 Å². The molecule has 1 heterocycles. The van der Waals surface area contributed by atoms with Gasteiger partial charge < -0.3 is 0 Å². The highest BCUT2D eigenvalue weighted by Crippen LogP contribution is 2.28. The summed E-state index contributed by atoms with van der Waals surface area (Å²) in [5, 5.41) is 0. The Bertz CT molecular complexity index is 279. The molecular formula is C15H27N. The van der Waals surface area contributed by atoms with Crippen LogP contribution in [0.15, 0.2) is 18.3 Å². The molecule has 1 heteroatoms. The molecule has 0 bridgehead atoms. The van der Waals surface area contributed by atoms with Crippen molar-refractivity contribution in [3.8, 4) is 0 Å². The molecule has 1 nitrogen and oxygen atoms in total. The van der Waals surface area contributed by atoms with E-state index < -0.39 is 0 Å². The van der Waals surface area contributed by atoms with Gasteiger partial charge in [0.1, 0.15) is 0 Å². The van der Waals surface area contributed by atoms with Crippen molar-refractivity contribution < 1.29 is 0 Å². The van der Waals surface area contributed by atoms with E-state index in [1.807, 2.05) is 26.1 Å². The smallest absolute Gasteiger partial charge is 0.0468 e. The minimum atomic E-state index is 0.617. The average molecular weight is 221 g/mol. The van der Waals surface area contributed by atoms with E-state index in [1.54, 1.807) is 0 Å². The Labute approximate surface area is 101 Å². The fourth-order valence-electron chi connectivity index (χ4n) is 2.06. The van der Waals surface area contributed by atoms with E-state index in [-0.39, 0.29) is 0 Å². The zero-order valence-electron chi connectivity index (χ0n) is 11.7. The molecule has 1 atom stereocenters. The summed E-state index contributed by atoms with van der Waals surface area (Å²) in [6.45, 7) is 13.0. The van der Waals surface area contributed by atoms with E-state index in [9.17, 15) is 0 Å². The Balaban J connectivity index is 0.00000106. The van der Waals surface area contributed by atoms with Crippen LogP contribution in [0.25, 0.3) is 0 Å². The van der Waals surface area contributed by atoms with Crippen molar-refractivity contribution in [1.29, 1.82) is 0 Å². The summed E-state index contributed by atoms with van der Waals surface area (Å²) in [5.74, 6) is 1.30. The predicted octanol–water partition coefficient (Wildman–Crippen LogP) is 4.82. The van der Waals surface area contributed by atoms with E-state index in [4.69, 9.17) is 0 Å². The van der Waals surface area contributed by atoms with Gasteiger partial charge in [0.15, 0.2) is 0 Å². The summed E-state index contributed by atoms with van der Waals surface area (Å²) < 4.78 is 0. The number of nitrogens with zero attached hydrogens (tertiary/aromatic N) is 1. The number of aryl methyl sites for hydroxylation is 1. The van der Waals surface area contributed by atoms with Gasteiger partial charge in [-0.15, -0.1) is 0 Å². The van der Waals surface area contributed by atoms with E-state index >= 15 is 0 Å². The Morgan fingerprint density at radius 1 is 1.19 bits per heavy atom. The van der Waals surface area contributed by atoms with Crippen molar-refractivity contribution in [2.45, 2.75) is 60.3 Å². The molecule has 0 N–H and O–H groups in total. The third kappa shape index (κ3) is 3.96. The Hall–Kier alpha value is -0.850. The number of aromatic nitrogens is 1. The molecule has 0 aliphatic heterocycles. The molecule has 0 spiro atoms. The van der Waals surface area contributed by atoms with Crippen LogP contribution in [0, 0.1) is 5.92 Å². The second-order valence-corrected chi connectivity index (χ2v) is 4.16. The lowest BCUT2D eigenvalue weighted by Gasteiger charge is -2.20. The SMILES string of the molecule is CC.CCc1cccnc1C(CC)C(C)C. The van der Waals surface area contributed by atoms with Crippen molar-refractivity contribution in [3.05, 3.63) is 29.6 Å². The first-order valence-corrected chi connectivity index (χ1v) is 6.64. The van der Waals surface area contributed by atoms with Crippen molar-refractivity contribution in [2.24, 2.45) is 5.92 Å². The summed E-state index contributed by atoms with van der Waals surface area (Å²) in [5.41, 5.74) is 2.72. The maximum absolute atomic E-state index is 4.54. The number of pyridine rings is 1. The van der Waals surface area contributed by atoms with Gasteiger partial charge in [-0.05, 0) is 30.4 Å². The van der Waals surface area contributed by atoms with Gasteiger partial charge in [0.05, 0.1) is 0 Å². The molecule has 0 radical (unpaired) electrons. The molecule has 1 rings (SSSR count). The van der Waals surface area contributed by atoms with E-state index in [0.717, 1.165) is 6.42 Å². The quantitative estimate of drug-likeness (QED) is 0.710. The highest BCUT2D eigenvalue weighted by molar-refractivity contribution is 5.23. The zero-order valence-corrected chi connectivity index (χ0v) is 11.7. The monoisotopic (exact) mass is 221 g/mol. The van der Waals surface area contributed by atoms with Gasteiger partial charge in [0.25, 0.3) is 0 Å². The highest BCUT2D eigenvalue weighted by atomic mass is 14.7. The van der Waals surface area contributed by atoms with Gasteiger partial charge in [-0.3, -0.25) is 4.98 Å². The molecule has 0 saturated heterocycles. The topological polar surface area (TPSA) is 12.9 Å². The van der Waals surface area contributed by atoms with Crippen LogP contribution in [-0.4, -0.2) is 4.98 Å². The summed E-state index contributed by atoms with van der Waals surface area (Å²) in [7, 11) is 0. The number of rotatable bonds is 4.